The van der Waals surface area contributed by atoms with Crippen LogP contribution in [0.1, 0.15) is 25.5 Å². The lowest BCUT2D eigenvalue weighted by molar-refractivity contribution is -0.127. The molecule has 0 radical (unpaired) electrons. The molecule has 2 atom stereocenters. The second kappa shape index (κ2) is 8.99. The summed E-state index contributed by atoms with van der Waals surface area (Å²) in [6, 6.07) is 12.3. The summed E-state index contributed by atoms with van der Waals surface area (Å²) in [5.74, 6) is 2.39. The Kier molecular flexibility index (Phi) is 6.72. The third-order valence-corrected chi connectivity index (χ3v) is 3.99. The summed E-state index contributed by atoms with van der Waals surface area (Å²) in [7, 11) is 4.77. The fraction of sp³-hybridized carbons (Fsp3) is 0.350. The maximum Gasteiger partial charge on any atom is 0.261 e. The number of hydrogen-bond acceptors (Lipinski definition) is 5. The molecule has 1 N–H and O–H groups in total. The Morgan fingerprint density at radius 2 is 1.54 bits per heavy atom. The summed E-state index contributed by atoms with van der Waals surface area (Å²) in [5.41, 5.74) is 0.828. The third-order valence-electron chi connectivity index (χ3n) is 3.99. The first-order valence-electron chi connectivity index (χ1n) is 8.31. The number of carbonyl (C=O) groups is 1. The number of carbonyl (C=O) groups excluding carboxylic acids is 1. The van der Waals surface area contributed by atoms with Crippen LogP contribution in [-0.4, -0.2) is 33.3 Å². The summed E-state index contributed by atoms with van der Waals surface area (Å²) in [6.45, 7) is 3.58. The van der Waals surface area contributed by atoms with Crippen molar-refractivity contribution in [3.63, 3.8) is 0 Å². The van der Waals surface area contributed by atoms with Crippen molar-refractivity contribution >= 4 is 5.91 Å². The average Bonchev–Trinajstić information content (AvgIpc) is 2.67. The lowest BCUT2D eigenvalue weighted by Crippen LogP contribution is -2.37. The fourth-order valence-electron chi connectivity index (χ4n) is 2.52. The maximum atomic E-state index is 12.5. The fourth-order valence-corrected chi connectivity index (χ4v) is 2.52. The SMILES string of the molecule is COc1cccc(O[C@@H](C)C(=O)N[C@H](C)c2cc(OC)ccc2OC)c1. The van der Waals surface area contributed by atoms with Gasteiger partial charge in [0.1, 0.15) is 23.0 Å². The van der Waals surface area contributed by atoms with Crippen molar-refractivity contribution in [3.05, 3.63) is 48.0 Å². The van der Waals surface area contributed by atoms with Crippen LogP contribution >= 0.6 is 0 Å². The molecule has 26 heavy (non-hydrogen) atoms. The number of nitrogens with one attached hydrogen (secondary N) is 1. The first kappa shape index (κ1) is 19.4. The van der Waals surface area contributed by atoms with Crippen LogP contribution in [0.2, 0.25) is 0 Å². The van der Waals surface area contributed by atoms with Gasteiger partial charge >= 0.3 is 0 Å². The molecule has 0 heterocycles. The highest BCUT2D eigenvalue weighted by Crippen LogP contribution is 2.29. The van der Waals surface area contributed by atoms with E-state index in [1.807, 2.05) is 37.3 Å². The van der Waals surface area contributed by atoms with E-state index in [0.29, 0.717) is 23.0 Å². The quantitative estimate of drug-likeness (QED) is 0.783. The van der Waals surface area contributed by atoms with Crippen LogP contribution in [0, 0.1) is 0 Å². The Morgan fingerprint density at radius 1 is 0.885 bits per heavy atom. The zero-order valence-corrected chi connectivity index (χ0v) is 15.7. The smallest absolute Gasteiger partial charge is 0.261 e. The predicted molar refractivity (Wildman–Crippen MR) is 99.2 cm³/mol. The number of ether oxygens (including phenoxy) is 4. The summed E-state index contributed by atoms with van der Waals surface area (Å²) in [5, 5.41) is 2.94. The van der Waals surface area contributed by atoms with Gasteiger partial charge in [-0.15, -0.1) is 0 Å². The Balaban J connectivity index is 2.06. The van der Waals surface area contributed by atoms with Gasteiger partial charge in [0, 0.05) is 11.6 Å². The zero-order valence-electron chi connectivity index (χ0n) is 15.7. The Labute approximate surface area is 154 Å². The van der Waals surface area contributed by atoms with Crippen molar-refractivity contribution in [2.75, 3.05) is 21.3 Å². The van der Waals surface area contributed by atoms with Gasteiger partial charge in [0.2, 0.25) is 0 Å². The van der Waals surface area contributed by atoms with E-state index in [4.69, 9.17) is 18.9 Å². The van der Waals surface area contributed by atoms with Crippen LogP contribution < -0.4 is 24.3 Å². The van der Waals surface area contributed by atoms with Gasteiger partial charge in [-0.05, 0) is 44.2 Å². The first-order chi connectivity index (χ1) is 12.5. The van der Waals surface area contributed by atoms with E-state index >= 15 is 0 Å². The van der Waals surface area contributed by atoms with Crippen molar-refractivity contribution in [1.29, 1.82) is 0 Å². The maximum absolute atomic E-state index is 12.5. The molecular weight excluding hydrogens is 334 g/mol. The molecule has 0 saturated heterocycles. The third kappa shape index (κ3) is 4.81. The van der Waals surface area contributed by atoms with Crippen molar-refractivity contribution in [3.8, 4) is 23.0 Å². The highest BCUT2D eigenvalue weighted by atomic mass is 16.5. The summed E-state index contributed by atoms with van der Waals surface area (Å²) >= 11 is 0. The first-order valence-corrected chi connectivity index (χ1v) is 8.31. The summed E-state index contributed by atoms with van der Waals surface area (Å²) in [4.78, 5) is 12.5. The van der Waals surface area contributed by atoms with Crippen molar-refractivity contribution in [2.45, 2.75) is 26.0 Å². The molecule has 2 aromatic rings. The molecule has 0 aliphatic carbocycles. The number of rotatable bonds is 8. The van der Waals surface area contributed by atoms with Crippen molar-refractivity contribution in [2.24, 2.45) is 0 Å². The lowest BCUT2D eigenvalue weighted by atomic mass is 10.1. The number of amides is 1. The lowest BCUT2D eigenvalue weighted by Gasteiger charge is -2.21. The monoisotopic (exact) mass is 359 g/mol. The molecule has 2 aromatic carbocycles. The van der Waals surface area contributed by atoms with E-state index in [-0.39, 0.29) is 11.9 Å². The summed E-state index contributed by atoms with van der Waals surface area (Å²) < 4.78 is 21.5. The largest absolute Gasteiger partial charge is 0.497 e. The number of benzene rings is 2. The number of hydrogen-bond donors (Lipinski definition) is 1. The van der Waals surface area contributed by atoms with Crippen LogP contribution in [-0.2, 0) is 4.79 Å². The molecule has 6 nitrogen and oxygen atoms in total. The molecule has 0 aliphatic heterocycles. The van der Waals surface area contributed by atoms with Crippen LogP contribution in [0.4, 0.5) is 0 Å². The van der Waals surface area contributed by atoms with E-state index in [1.165, 1.54) is 0 Å². The van der Waals surface area contributed by atoms with Gasteiger partial charge < -0.3 is 24.3 Å². The second-order valence-corrected chi connectivity index (χ2v) is 5.78. The van der Waals surface area contributed by atoms with Crippen LogP contribution in [0.3, 0.4) is 0 Å². The van der Waals surface area contributed by atoms with Gasteiger partial charge in [0.15, 0.2) is 6.10 Å². The van der Waals surface area contributed by atoms with Crippen LogP contribution in [0.25, 0.3) is 0 Å². The Hall–Kier alpha value is -2.89. The van der Waals surface area contributed by atoms with Gasteiger partial charge in [0.05, 0.1) is 27.4 Å². The van der Waals surface area contributed by atoms with Gasteiger partial charge in [-0.2, -0.15) is 0 Å². The molecule has 1 amide bonds. The van der Waals surface area contributed by atoms with E-state index in [9.17, 15) is 4.79 Å². The van der Waals surface area contributed by atoms with E-state index < -0.39 is 6.10 Å². The molecule has 0 unspecified atom stereocenters. The van der Waals surface area contributed by atoms with Gasteiger partial charge in [-0.25, -0.2) is 0 Å². The minimum Gasteiger partial charge on any atom is -0.497 e. The molecule has 6 heteroatoms. The van der Waals surface area contributed by atoms with Gasteiger partial charge in [-0.1, -0.05) is 6.07 Å². The van der Waals surface area contributed by atoms with E-state index in [1.54, 1.807) is 40.4 Å². The van der Waals surface area contributed by atoms with E-state index in [0.717, 1.165) is 5.56 Å². The minimum absolute atomic E-state index is 0.231. The normalized spacial score (nSPS) is 12.7. The summed E-state index contributed by atoms with van der Waals surface area (Å²) in [6.07, 6.45) is -0.666. The molecule has 0 bridgehead atoms. The molecule has 0 saturated carbocycles. The molecule has 140 valence electrons. The average molecular weight is 359 g/mol. The Bertz CT molecular complexity index is 747. The molecule has 0 aromatic heterocycles. The molecule has 0 fully saturated rings. The Morgan fingerprint density at radius 3 is 2.19 bits per heavy atom. The van der Waals surface area contributed by atoms with Crippen molar-refractivity contribution in [1.82, 2.24) is 5.32 Å². The molecule has 2 rings (SSSR count). The minimum atomic E-state index is -0.666. The zero-order chi connectivity index (χ0) is 19.1. The topological polar surface area (TPSA) is 66.0 Å². The highest BCUT2D eigenvalue weighted by molar-refractivity contribution is 5.81. The van der Waals surface area contributed by atoms with Gasteiger partial charge in [-0.3, -0.25) is 4.79 Å². The number of methoxy groups -OCH3 is 3. The predicted octanol–water partition coefficient (Wildman–Crippen LogP) is 3.36. The van der Waals surface area contributed by atoms with E-state index in [2.05, 4.69) is 5.32 Å². The molecule has 0 spiro atoms. The van der Waals surface area contributed by atoms with Crippen molar-refractivity contribution < 1.29 is 23.7 Å². The molecule has 0 aliphatic rings. The van der Waals surface area contributed by atoms with Gasteiger partial charge in [0.25, 0.3) is 5.91 Å². The standard InChI is InChI=1S/C20H25NO5/c1-13(18-12-16(24-4)9-10-19(18)25-5)21-20(22)14(2)26-17-8-6-7-15(11-17)23-3/h6-14H,1-5H3,(H,21,22)/t13-,14+/m1/s1. The second-order valence-electron chi connectivity index (χ2n) is 5.78. The van der Waals surface area contributed by atoms with Crippen LogP contribution in [0.15, 0.2) is 42.5 Å². The van der Waals surface area contributed by atoms with Crippen LogP contribution in [0.5, 0.6) is 23.0 Å². The highest BCUT2D eigenvalue weighted by Gasteiger charge is 2.20. The molecular formula is C20H25NO5.